The van der Waals surface area contributed by atoms with Crippen molar-refractivity contribution in [3.8, 4) is 5.75 Å². The SMILES string of the molecule is COc1ccc(CCC(=O)N2CCN(C(=O)c3ccc(Cl)cc3Cl)CC2)cc1. The van der Waals surface area contributed by atoms with Gasteiger partial charge in [0.05, 0.1) is 17.7 Å². The van der Waals surface area contributed by atoms with Gasteiger partial charge in [-0.3, -0.25) is 9.59 Å². The average molecular weight is 421 g/mol. The Morgan fingerprint density at radius 3 is 2.21 bits per heavy atom. The number of hydrogen-bond acceptors (Lipinski definition) is 3. The van der Waals surface area contributed by atoms with E-state index >= 15 is 0 Å². The highest BCUT2D eigenvalue weighted by molar-refractivity contribution is 6.36. The molecule has 0 unspecified atom stereocenters. The summed E-state index contributed by atoms with van der Waals surface area (Å²) >= 11 is 12.0. The molecule has 0 aliphatic carbocycles. The number of carbonyl (C=O) groups excluding carboxylic acids is 2. The molecule has 0 radical (unpaired) electrons. The van der Waals surface area contributed by atoms with Gasteiger partial charge in [0, 0.05) is 37.6 Å². The predicted molar refractivity (Wildman–Crippen MR) is 110 cm³/mol. The lowest BCUT2D eigenvalue weighted by Gasteiger charge is -2.35. The number of benzene rings is 2. The number of carbonyl (C=O) groups is 2. The molecular weight excluding hydrogens is 399 g/mol. The second kappa shape index (κ2) is 9.30. The number of rotatable bonds is 5. The molecule has 0 N–H and O–H groups in total. The van der Waals surface area contributed by atoms with Crippen LogP contribution in [0.25, 0.3) is 0 Å². The molecule has 2 aromatic carbocycles. The zero-order valence-electron chi connectivity index (χ0n) is 15.7. The Bertz CT molecular complexity index is 847. The summed E-state index contributed by atoms with van der Waals surface area (Å²) in [5.74, 6) is 0.774. The molecule has 2 amide bonds. The monoisotopic (exact) mass is 420 g/mol. The lowest BCUT2D eigenvalue weighted by atomic mass is 10.1. The average Bonchev–Trinajstić information content (AvgIpc) is 2.72. The van der Waals surface area contributed by atoms with E-state index in [0.717, 1.165) is 11.3 Å². The molecular formula is C21H22Cl2N2O3. The van der Waals surface area contributed by atoms with Gasteiger partial charge in [0.2, 0.25) is 5.91 Å². The first-order valence-corrected chi connectivity index (χ1v) is 9.88. The highest BCUT2D eigenvalue weighted by Crippen LogP contribution is 2.23. The largest absolute Gasteiger partial charge is 0.497 e. The summed E-state index contributed by atoms with van der Waals surface area (Å²) in [5, 5.41) is 0.837. The quantitative estimate of drug-likeness (QED) is 0.736. The van der Waals surface area contributed by atoms with Crippen LogP contribution >= 0.6 is 23.2 Å². The molecule has 0 bridgehead atoms. The molecule has 1 aliphatic rings. The Morgan fingerprint density at radius 1 is 0.964 bits per heavy atom. The van der Waals surface area contributed by atoms with Gasteiger partial charge in [-0.15, -0.1) is 0 Å². The van der Waals surface area contributed by atoms with Crippen LogP contribution in [-0.2, 0) is 11.2 Å². The van der Waals surface area contributed by atoms with Gasteiger partial charge < -0.3 is 14.5 Å². The van der Waals surface area contributed by atoms with Gasteiger partial charge in [-0.25, -0.2) is 0 Å². The van der Waals surface area contributed by atoms with E-state index < -0.39 is 0 Å². The molecule has 0 aromatic heterocycles. The van der Waals surface area contributed by atoms with E-state index in [9.17, 15) is 9.59 Å². The molecule has 0 spiro atoms. The molecule has 2 aromatic rings. The molecule has 28 heavy (non-hydrogen) atoms. The highest BCUT2D eigenvalue weighted by Gasteiger charge is 2.25. The summed E-state index contributed by atoms with van der Waals surface area (Å²) in [6.45, 7) is 2.04. The van der Waals surface area contributed by atoms with E-state index in [-0.39, 0.29) is 11.8 Å². The lowest BCUT2D eigenvalue weighted by Crippen LogP contribution is -2.50. The summed E-state index contributed by atoms with van der Waals surface area (Å²) in [6.07, 6.45) is 1.13. The summed E-state index contributed by atoms with van der Waals surface area (Å²) in [5.41, 5.74) is 1.53. The normalized spacial score (nSPS) is 14.1. The van der Waals surface area contributed by atoms with E-state index in [4.69, 9.17) is 27.9 Å². The van der Waals surface area contributed by atoms with Gasteiger partial charge in [-0.05, 0) is 42.3 Å². The minimum Gasteiger partial charge on any atom is -0.497 e. The van der Waals surface area contributed by atoms with Crippen LogP contribution < -0.4 is 4.74 Å². The second-order valence-corrected chi connectivity index (χ2v) is 7.49. The van der Waals surface area contributed by atoms with E-state index in [1.165, 1.54) is 0 Å². The maximum absolute atomic E-state index is 12.7. The van der Waals surface area contributed by atoms with Gasteiger partial charge in [0.1, 0.15) is 5.75 Å². The number of amides is 2. The summed E-state index contributed by atoms with van der Waals surface area (Å²) in [6, 6.07) is 12.6. The van der Waals surface area contributed by atoms with Crippen molar-refractivity contribution in [1.29, 1.82) is 0 Å². The second-order valence-electron chi connectivity index (χ2n) is 6.65. The molecule has 1 heterocycles. The number of piperazine rings is 1. The number of halogens is 2. The van der Waals surface area contributed by atoms with E-state index in [1.807, 2.05) is 29.2 Å². The highest BCUT2D eigenvalue weighted by atomic mass is 35.5. The van der Waals surface area contributed by atoms with Gasteiger partial charge in [-0.1, -0.05) is 35.3 Å². The number of methoxy groups -OCH3 is 1. The first kappa shape index (κ1) is 20.5. The van der Waals surface area contributed by atoms with Crippen molar-refractivity contribution >= 4 is 35.0 Å². The van der Waals surface area contributed by atoms with E-state index in [2.05, 4.69) is 0 Å². The Hall–Kier alpha value is -2.24. The third-order valence-electron chi connectivity index (χ3n) is 4.87. The third kappa shape index (κ3) is 4.97. The molecule has 1 saturated heterocycles. The number of nitrogens with zero attached hydrogens (tertiary/aromatic N) is 2. The van der Waals surface area contributed by atoms with E-state index in [1.54, 1.807) is 30.2 Å². The minimum absolute atomic E-state index is 0.104. The van der Waals surface area contributed by atoms with Crippen LogP contribution in [0.2, 0.25) is 10.0 Å². The molecule has 0 saturated carbocycles. The van der Waals surface area contributed by atoms with Crippen molar-refractivity contribution < 1.29 is 14.3 Å². The van der Waals surface area contributed by atoms with Crippen molar-refractivity contribution in [3.05, 3.63) is 63.6 Å². The zero-order chi connectivity index (χ0) is 20.1. The Labute approximate surface area is 174 Å². The summed E-state index contributed by atoms with van der Waals surface area (Å²) in [7, 11) is 1.63. The maximum atomic E-state index is 12.7. The van der Waals surface area contributed by atoms with Crippen molar-refractivity contribution in [2.24, 2.45) is 0 Å². The smallest absolute Gasteiger partial charge is 0.255 e. The first-order chi connectivity index (χ1) is 13.5. The van der Waals surface area contributed by atoms with Crippen LogP contribution in [0.4, 0.5) is 0 Å². The van der Waals surface area contributed by atoms with Crippen molar-refractivity contribution in [1.82, 2.24) is 9.80 Å². The molecule has 1 aliphatic heterocycles. The fraction of sp³-hybridized carbons (Fsp3) is 0.333. The molecule has 1 fully saturated rings. The number of hydrogen-bond donors (Lipinski definition) is 0. The van der Waals surface area contributed by atoms with Crippen molar-refractivity contribution in [2.45, 2.75) is 12.8 Å². The van der Waals surface area contributed by atoms with Crippen LogP contribution in [0.1, 0.15) is 22.3 Å². The minimum atomic E-state index is -0.132. The topological polar surface area (TPSA) is 49.9 Å². The predicted octanol–water partition coefficient (Wildman–Crippen LogP) is 3.92. The molecule has 148 valence electrons. The van der Waals surface area contributed by atoms with Crippen LogP contribution in [0.15, 0.2) is 42.5 Å². The molecule has 7 heteroatoms. The molecule has 5 nitrogen and oxygen atoms in total. The van der Waals surface area contributed by atoms with E-state index in [0.29, 0.717) is 54.6 Å². The maximum Gasteiger partial charge on any atom is 0.255 e. The lowest BCUT2D eigenvalue weighted by molar-refractivity contribution is -0.132. The van der Waals surface area contributed by atoms with Crippen molar-refractivity contribution in [3.63, 3.8) is 0 Å². The Morgan fingerprint density at radius 2 is 1.61 bits per heavy atom. The fourth-order valence-electron chi connectivity index (χ4n) is 3.19. The fourth-order valence-corrected chi connectivity index (χ4v) is 3.68. The van der Waals surface area contributed by atoms with Gasteiger partial charge >= 0.3 is 0 Å². The Balaban J connectivity index is 1.50. The zero-order valence-corrected chi connectivity index (χ0v) is 17.2. The van der Waals surface area contributed by atoms with Crippen LogP contribution in [0.5, 0.6) is 5.75 Å². The standard InChI is InChI=1S/C21H22Cl2N2O3/c1-28-17-6-2-15(3-7-17)4-9-20(26)24-10-12-25(13-11-24)21(27)18-8-5-16(22)14-19(18)23/h2-3,5-8,14H,4,9-13H2,1H3. The van der Waals surface area contributed by atoms with Gasteiger partial charge in [0.15, 0.2) is 0 Å². The van der Waals surface area contributed by atoms with Crippen LogP contribution in [0, 0.1) is 0 Å². The van der Waals surface area contributed by atoms with Crippen molar-refractivity contribution in [2.75, 3.05) is 33.3 Å². The molecule has 0 atom stereocenters. The Kier molecular flexibility index (Phi) is 6.81. The van der Waals surface area contributed by atoms with Gasteiger partial charge in [0.25, 0.3) is 5.91 Å². The number of aryl methyl sites for hydroxylation is 1. The third-order valence-corrected chi connectivity index (χ3v) is 5.42. The summed E-state index contributed by atoms with van der Waals surface area (Å²) < 4.78 is 5.14. The summed E-state index contributed by atoms with van der Waals surface area (Å²) in [4.78, 5) is 28.7. The van der Waals surface area contributed by atoms with Crippen LogP contribution in [-0.4, -0.2) is 54.9 Å². The molecule has 3 rings (SSSR count). The first-order valence-electron chi connectivity index (χ1n) is 9.13. The van der Waals surface area contributed by atoms with Gasteiger partial charge in [-0.2, -0.15) is 0 Å². The number of ether oxygens (including phenoxy) is 1. The van der Waals surface area contributed by atoms with Crippen LogP contribution in [0.3, 0.4) is 0 Å².